The van der Waals surface area contributed by atoms with Gasteiger partial charge < -0.3 is 19.4 Å². The molecule has 1 aliphatic heterocycles. The summed E-state index contributed by atoms with van der Waals surface area (Å²) < 4.78 is 26.4. The van der Waals surface area contributed by atoms with Crippen LogP contribution < -0.4 is 10.2 Å². The van der Waals surface area contributed by atoms with Gasteiger partial charge in [-0.25, -0.2) is 14.0 Å². The van der Waals surface area contributed by atoms with E-state index < -0.39 is 24.1 Å². The predicted molar refractivity (Wildman–Crippen MR) is 104 cm³/mol. The van der Waals surface area contributed by atoms with Crippen molar-refractivity contribution in [2.45, 2.75) is 13.0 Å². The monoisotopic (exact) mass is 398 g/mol. The molecule has 0 spiro atoms. The molecule has 0 bridgehead atoms. The number of carbonyl (C=O) groups excluding carboxylic acids is 2. The number of alkyl carbamates (subject to hydrolysis) is 1. The SMILES string of the molecule is COC(=O)NC[C@H]1CN(c2cc(F)c(-n3cc4cccnc4c3)cc2C)C(=O)O1. The van der Waals surface area contributed by atoms with Crippen molar-refractivity contribution in [3.8, 4) is 5.69 Å². The van der Waals surface area contributed by atoms with Crippen LogP contribution in [0.25, 0.3) is 16.6 Å². The highest BCUT2D eigenvalue weighted by molar-refractivity contribution is 5.91. The maximum atomic E-state index is 14.9. The second-order valence-corrected chi connectivity index (χ2v) is 6.72. The third kappa shape index (κ3) is 3.58. The molecule has 4 rings (SSSR count). The summed E-state index contributed by atoms with van der Waals surface area (Å²) in [5.41, 5.74) is 2.26. The van der Waals surface area contributed by atoms with E-state index in [2.05, 4.69) is 15.0 Å². The Morgan fingerprint density at radius 1 is 1.38 bits per heavy atom. The Hall–Kier alpha value is -3.62. The molecular weight excluding hydrogens is 379 g/mol. The van der Waals surface area contributed by atoms with Crippen molar-refractivity contribution < 1.29 is 23.5 Å². The number of hydrogen-bond donors (Lipinski definition) is 1. The topological polar surface area (TPSA) is 85.7 Å². The van der Waals surface area contributed by atoms with Gasteiger partial charge in [0, 0.05) is 30.0 Å². The number of amides is 2. The molecule has 150 valence electrons. The quantitative estimate of drug-likeness (QED) is 0.730. The molecule has 0 radical (unpaired) electrons. The summed E-state index contributed by atoms with van der Waals surface area (Å²) in [7, 11) is 1.25. The van der Waals surface area contributed by atoms with Crippen LogP contribution in [-0.2, 0) is 9.47 Å². The number of nitrogens with one attached hydrogen (secondary N) is 1. The van der Waals surface area contributed by atoms with Gasteiger partial charge in [-0.15, -0.1) is 0 Å². The lowest BCUT2D eigenvalue weighted by atomic mass is 10.1. The zero-order valence-corrected chi connectivity index (χ0v) is 15.9. The number of carbonyl (C=O) groups is 2. The van der Waals surface area contributed by atoms with E-state index in [1.165, 1.54) is 18.1 Å². The van der Waals surface area contributed by atoms with Crippen LogP contribution in [0.5, 0.6) is 0 Å². The number of anilines is 1. The van der Waals surface area contributed by atoms with Crippen LogP contribution in [0.2, 0.25) is 0 Å². The van der Waals surface area contributed by atoms with Crippen LogP contribution >= 0.6 is 0 Å². The largest absolute Gasteiger partial charge is 0.453 e. The molecule has 3 heterocycles. The number of halogens is 1. The first-order valence-electron chi connectivity index (χ1n) is 8.99. The number of benzene rings is 1. The maximum Gasteiger partial charge on any atom is 0.414 e. The minimum absolute atomic E-state index is 0.109. The molecule has 8 nitrogen and oxygen atoms in total. The maximum absolute atomic E-state index is 14.9. The average Bonchev–Trinajstić information content (AvgIpc) is 3.30. The molecule has 2 aromatic heterocycles. The summed E-state index contributed by atoms with van der Waals surface area (Å²) in [4.78, 5) is 29.1. The van der Waals surface area contributed by atoms with Crippen LogP contribution in [0.4, 0.5) is 19.7 Å². The molecular formula is C20H19FN4O4. The van der Waals surface area contributed by atoms with E-state index in [-0.39, 0.29) is 13.1 Å². The number of hydrogen-bond acceptors (Lipinski definition) is 5. The number of cyclic esters (lactones) is 1. The Balaban J connectivity index is 1.58. The van der Waals surface area contributed by atoms with Crippen LogP contribution in [-0.4, -0.2) is 48.0 Å². The molecule has 0 unspecified atom stereocenters. The zero-order chi connectivity index (χ0) is 20.5. The van der Waals surface area contributed by atoms with E-state index in [4.69, 9.17) is 4.74 Å². The fourth-order valence-corrected chi connectivity index (χ4v) is 3.34. The Morgan fingerprint density at radius 3 is 2.97 bits per heavy atom. The number of rotatable bonds is 4. The van der Waals surface area contributed by atoms with Gasteiger partial charge in [-0.2, -0.15) is 0 Å². The third-order valence-corrected chi connectivity index (χ3v) is 4.78. The highest BCUT2D eigenvalue weighted by Crippen LogP contribution is 2.30. The van der Waals surface area contributed by atoms with Gasteiger partial charge in [0.05, 0.1) is 37.1 Å². The molecule has 3 aromatic rings. The van der Waals surface area contributed by atoms with Gasteiger partial charge >= 0.3 is 12.2 Å². The van der Waals surface area contributed by atoms with Gasteiger partial charge in [0.25, 0.3) is 0 Å². The predicted octanol–water partition coefficient (Wildman–Crippen LogP) is 3.15. The molecule has 0 saturated carbocycles. The lowest BCUT2D eigenvalue weighted by Crippen LogP contribution is -2.34. The molecule has 0 aliphatic carbocycles. The summed E-state index contributed by atoms with van der Waals surface area (Å²) in [6, 6.07) is 6.72. The lowest BCUT2D eigenvalue weighted by Gasteiger charge is -2.18. The smallest absolute Gasteiger partial charge is 0.414 e. The number of ether oxygens (including phenoxy) is 2. The molecule has 1 aromatic carbocycles. The summed E-state index contributed by atoms with van der Waals surface area (Å²) in [5, 5.41) is 3.39. The number of nitrogens with zero attached hydrogens (tertiary/aromatic N) is 3. The van der Waals surface area contributed by atoms with Gasteiger partial charge in [0.15, 0.2) is 0 Å². The summed E-state index contributed by atoms with van der Waals surface area (Å²) in [5.74, 6) is -0.477. The molecule has 1 fully saturated rings. The first-order valence-corrected chi connectivity index (χ1v) is 8.99. The van der Waals surface area contributed by atoms with Gasteiger partial charge in [0.1, 0.15) is 11.9 Å². The first-order chi connectivity index (χ1) is 14.0. The van der Waals surface area contributed by atoms with Crippen molar-refractivity contribution in [3.05, 3.63) is 54.2 Å². The number of aryl methyl sites for hydroxylation is 1. The van der Waals surface area contributed by atoms with Crippen LogP contribution in [0.1, 0.15) is 5.56 Å². The Labute approximate surface area is 165 Å². The van der Waals surface area contributed by atoms with Crippen LogP contribution in [0.3, 0.4) is 0 Å². The minimum atomic E-state index is -0.611. The Morgan fingerprint density at radius 2 is 2.21 bits per heavy atom. The summed E-state index contributed by atoms with van der Waals surface area (Å²) in [6.07, 6.45) is 3.49. The van der Waals surface area contributed by atoms with Crippen molar-refractivity contribution in [3.63, 3.8) is 0 Å². The molecule has 2 amide bonds. The number of fused-ring (bicyclic) bond motifs is 1. The highest BCUT2D eigenvalue weighted by Gasteiger charge is 2.34. The fraction of sp³-hybridized carbons (Fsp3) is 0.250. The van der Waals surface area contributed by atoms with Gasteiger partial charge in [-0.05, 0) is 30.7 Å². The number of methoxy groups -OCH3 is 1. The molecule has 1 saturated heterocycles. The van der Waals surface area contributed by atoms with Crippen molar-refractivity contribution in [1.82, 2.24) is 14.9 Å². The first kappa shape index (κ1) is 18.7. The second-order valence-electron chi connectivity index (χ2n) is 6.72. The molecule has 29 heavy (non-hydrogen) atoms. The van der Waals surface area contributed by atoms with E-state index in [0.717, 1.165) is 10.9 Å². The highest BCUT2D eigenvalue weighted by atomic mass is 19.1. The fourth-order valence-electron chi connectivity index (χ4n) is 3.34. The van der Waals surface area contributed by atoms with Crippen molar-refractivity contribution >= 4 is 28.8 Å². The average molecular weight is 398 g/mol. The molecule has 1 aliphatic rings. The van der Waals surface area contributed by atoms with E-state index in [0.29, 0.717) is 16.9 Å². The Bertz CT molecular complexity index is 1060. The molecule has 1 N–H and O–H groups in total. The summed E-state index contributed by atoms with van der Waals surface area (Å²) in [6.45, 7) is 2.10. The van der Waals surface area contributed by atoms with E-state index in [1.807, 2.05) is 12.1 Å². The molecule has 9 heteroatoms. The van der Waals surface area contributed by atoms with Gasteiger partial charge in [-0.3, -0.25) is 9.88 Å². The van der Waals surface area contributed by atoms with E-state index in [9.17, 15) is 14.0 Å². The van der Waals surface area contributed by atoms with Crippen molar-refractivity contribution in [1.29, 1.82) is 0 Å². The van der Waals surface area contributed by atoms with Gasteiger partial charge in [0.2, 0.25) is 0 Å². The van der Waals surface area contributed by atoms with E-state index >= 15 is 0 Å². The standard InChI is InChI=1S/C20H19FN4O4/c1-12-6-18(24-9-13-4-3-5-22-16(13)11-24)15(21)7-17(12)25-10-14(29-20(25)27)8-23-19(26)28-2/h3-7,9,11,14H,8,10H2,1-2H3,(H,23,26)/t14-/m0/s1. The Kier molecular flexibility index (Phi) is 4.79. The van der Waals surface area contributed by atoms with E-state index in [1.54, 1.807) is 36.1 Å². The van der Waals surface area contributed by atoms with Crippen molar-refractivity contribution in [2.75, 3.05) is 25.1 Å². The van der Waals surface area contributed by atoms with Crippen LogP contribution in [0.15, 0.2) is 42.9 Å². The third-order valence-electron chi connectivity index (χ3n) is 4.78. The molecule has 1 atom stereocenters. The minimum Gasteiger partial charge on any atom is -0.453 e. The van der Waals surface area contributed by atoms with Crippen LogP contribution in [0, 0.1) is 12.7 Å². The van der Waals surface area contributed by atoms with Crippen molar-refractivity contribution in [2.24, 2.45) is 0 Å². The van der Waals surface area contributed by atoms with Gasteiger partial charge in [-0.1, -0.05) is 0 Å². The zero-order valence-electron chi connectivity index (χ0n) is 15.9. The second kappa shape index (κ2) is 7.42. The number of pyridine rings is 1. The number of aromatic nitrogens is 2. The lowest BCUT2D eigenvalue weighted by molar-refractivity contribution is 0.132. The summed E-state index contributed by atoms with van der Waals surface area (Å²) >= 11 is 0. The normalized spacial score (nSPS) is 16.2.